The fourth-order valence-corrected chi connectivity index (χ4v) is 3.96. The number of nitrogens with zero attached hydrogens (tertiary/aromatic N) is 3. The Balaban J connectivity index is 1.44. The molecule has 1 saturated heterocycles. The van der Waals surface area contributed by atoms with Gasteiger partial charge in [-0.1, -0.05) is 37.3 Å². The van der Waals surface area contributed by atoms with E-state index in [0.29, 0.717) is 36.9 Å². The number of hydrogen-bond donors (Lipinski definition) is 0. The summed E-state index contributed by atoms with van der Waals surface area (Å²) < 4.78 is 5.96. The highest BCUT2D eigenvalue weighted by Crippen LogP contribution is 2.37. The van der Waals surface area contributed by atoms with Gasteiger partial charge in [0.25, 0.3) is 5.91 Å². The third-order valence-corrected chi connectivity index (χ3v) is 5.75. The highest BCUT2D eigenvalue weighted by Gasteiger charge is 2.36. The molecule has 0 aliphatic carbocycles. The number of carbonyl (C=O) groups is 2. The van der Waals surface area contributed by atoms with Gasteiger partial charge in [-0.3, -0.25) is 14.5 Å². The number of benzene rings is 1. The number of fused-ring (bicyclic) bond motifs is 1. The number of likely N-dealkylation sites (tertiary alicyclic amines) is 1. The second-order valence-corrected chi connectivity index (χ2v) is 7.89. The number of piperidine rings is 1. The van der Waals surface area contributed by atoms with Gasteiger partial charge in [0, 0.05) is 37.8 Å². The van der Waals surface area contributed by atoms with E-state index in [1.54, 1.807) is 17.2 Å². The molecule has 0 bridgehead atoms. The van der Waals surface area contributed by atoms with E-state index in [-0.39, 0.29) is 11.8 Å². The Morgan fingerprint density at radius 1 is 1.14 bits per heavy atom. The molecule has 0 saturated carbocycles. The molecule has 0 spiro atoms. The molecule has 1 unspecified atom stereocenters. The molecule has 2 amide bonds. The summed E-state index contributed by atoms with van der Waals surface area (Å²) >= 11 is 0. The van der Waals surface area contributed by atoms with Crippen molar-refractivity contribution in [2.75, 3.05) is 24.5 Å². The molecule has 2 aliphatic rings. The minimum Gasteiger partial charge on any atom is -0.472 e. The predicted octanol–water partition coefficient (Wildman–Crippen LogP) is 3.59. The lowest BCUT2D eigenvalue weighted by molar-refractivity contribution is -0.133. The minimum absolute atomic E-state index is 0.137. The lowest BCUT2D eigenvalue weighted by atomic mass is 9.99. The Bertz CT molecular complexity index is 863. The van der Waals surface area contributed by atoms with Crippen molar-refractivity contribution >= 4 is 17.6 Å². The van der Waals surface area contributed by atoms with Crippen LogP contribution in [0, 0.1) is 5.92 Å². The highest BCUT2D eigenvalue weighted by molar-refractivity contribution is 5.99. The van der Waals surface area contributed by atoms with Crippen molar-refractivity contribution in [1.29, 1.82) is 0 Å². The molecule has 3 heterocycles. The summed E-state index contributed by atoms with van der Waals surface area (Å²) in [6.45, 7) is 4.37. The van der Waals surface area contributed by atoms with Gasteiger partial charge < -0.3 is 9.64 Å². The first-order valence-electron chi connectivity index (χ1n) is 10.4. The largest absolute Gasteiger partial charge is 0.472 e. The zero-order chi connectivity index (χ0) is 20.2. The number of ether oxygens (including phenoxy) is 1. The smallest absolute Gasteiger partial charge is 0.274 e. The van der Waals surface area contributed by atoms with Crippen LogP contribution in [0.2, 0.25) is 0 Å². The molecule has 6 heteroatoms. The predicted molar refractivity (Wildman–Crippen MR) is 111 cm³/mol. The third kappa shape index (κ3) is 4.26. The summed E-state index contributed by atoms with van der Waals surface area (Å²) in [7, 11) is 0. The van der Waals surface area contributed by atoms with Gasteiger partial charge in [0.15, 0.2) is 11.6 Å². The number of amides is 2. The lowest BCUT2D eigenvalue weighted by Gasteiger charge is -2.34. The van der Waals surface area contributed by atoms with E-state index in [2.05, 4.69) is 11.9 Å². The van der Waals surface area contributed by atoms with Crippen molar-refractivity contribution in [3.63, 3.8) is 0 Å². The van der Waals surface area contributed by atoms with E-state index < -0.39 is 6.10 Å². The van der Waals surface area contributed by atoms with Crippen LogP contribution < -0.4 is 9.64 Å². The van der Waals surface area contributed by atoms with Crippen LogP contribution in [0.4, 0.5) is 5.82 Å². The number of aromatic nitrogens is 1. The van der Waals surface area contributed by atoms with E-state index >= 15 is 0 Å². The molecule has 1 aromatic heterocycles. The Kier molecular flexibility index (Phi) is 5.79. The normalized spacial score (nSPS) is 19.6. The van der Waals surface area contributed by atoms with Crippen LogP contribution in [-0.2, 0) is 9.59 Å². The maximum Gasteiger partial charge on any atom is 0.274 e. The SMILES string of the molecule is CC1CCN(C(=O)CCCN2C(=O)C(c3ccccc3)Oc3cccnc32)CC1. The first-order chi connectivity index (χ1) is 14.1. The van der Waals surface area contributed by atoms with E-state index in [9.17, 15) is 9.59 Å². The Labute approximate surface area is 171 Å². The summed E-state index contributed by atoms with van der Waals surface area (Å²) in [4.78, 5) is 33.7. The first-order valence-corrected chi connectivity index (χ1v) is 10.4. The Morgan fingerprint density at radius 3 is 2.66 bits per heavy atom. The standard InChI is InChI=1S/C23H27N3O3/c1-17-11-15-25(16-12-17)20(27)10-6-14-26-22-19(9-5-13-24-22)29-21(23(26)28)18-7-3-2-4-8-18/h2-5,7-9,13,17,21H,6,10-12,14-16H2,1H3. The van der Waals surface area contributed by atoms with Gasteiger partial charge in [0.1, 0.15) is 0 Å². The summed E-state index contributed by atoms with van der Waals surface area (Å²) in [6, 6.07) is 13.1. The molecule has 1 fully saturated rings. The van der Waals surface area contributed by atoms with Crippen LogP contribution in [0.15, 0.2) is 48.7 Å². The van der Waals surface area contributed by atoms with Crippen LogP contribution in [0.1, 0.15) is 44.3 Å². The van der Waals surface area contributed by atoms with Crippen molar-refractivity contribution in [1.82, 2.24) is 9.88 Å². The Hall–Kier alpha value is -2.89. The van der Waals surface area contributed by atoms with Gasteiger partial charge in [-0.15, -0.1) is 0 Å². The fraction of sp³-hybridized carbons (Fsp3) is 0.435. The van der Waals surface area contributed by atoms with Crippen LogP contribution in [0.5, 0.6) is 5.75 Å². The average Bonchev–Trinajstić information content (AvgIpc) is 2.76. The average molecular weight is 393 g/mol. The molecule has 0 radical (unpaired) electrons. The van der Waals surface area contributed by atoms with Crippen LogP contribution in [-0.4, -0.2) is 41.3 Å². The molecule has 0 N–H and O–H groups in total. The van der Waals surface area contributed by atoms with Crippen LogP contribution in [0.25, 0.3) is 0 Å². The van der Waals surface area contributed by atoms with Gasteiger partial charge in [-0.05, 0) is 37.3 Å². The first kappa shape index (κ1) is 19.4. The van der Waals surface area contributed by atoms with E-state index in [1.165, 1.54) is 0 Å². The number of hydrogen-bond acceptors (Lipinski definition) is 4. The molecular weight excluding hydrogens is 366 g/mol. The van der Waals surface area contributed by atoms with Gasteiger partial charge in [-0.2, -0.15) is 0 Å². The molecular formula is C23H27N3O3. The number of pyridine rings is 1. The zero-order valence-electron chi connectivity index (χ0n) is 16.8. The monoisotopic (exact) mass is 393 g/mol. The van der Waals surface area contributed by atoms with Crippen molar-refractivity contribution < 1.29 is 14.3 Å². The van der Waals surface area contributed by atoms with Gasteiger partial charge in [0.05, 0.1) is 0 Å². The number of anilines is 1. The molecule has 2 aliphatic heterocycles. The summed E-state index contributed by atoms with van der Waals surface area (Å²) in [5.41, 5.74) is 0.815. The minimum atomic E-state index is -0.688. The van der Waals surface area contributed by atoms with Crippen molar-refractivity contribution in [2.24, 2.45) is 5.92 Å². The van der Waals surface area contributed by atoms with E-state index in [0.717, 1.165) is 31.5 Å². The topological polar surface area (TPSA) is 62.7 Å². The third-order valence-electron chi connectivity index (χ3n) is 5.75. The second-order valence-electron chi connectivity index (χ2n) is 7.89. The highest BCUT2D eigenvalue weighted by atomic mass is 16.5. The van der Waals surface area contributed by atoms with Crippen molar-refractivity contribution in [2.45, 2.75) is 38.7 Å². The number of rotatable bonds is 5. The van der Waals surface area contributed by atoms with Gasteiger partial charge in [0.2, 0.25) is 12.0 Å². The van der Waals surface area contributed by atoms with Gasteiger partial charge >= 0.3 is 0 Å². The maximum atomic E-state index is 13.2. The summed E-state index contributed by atoms with van der Waals surface area (Å²) in [5, 5.41) is 0. The van der Waals surface area contributed by atoms with Gasteiger partial charge in [-0.25, -0.2) is 4.98 Å². The number of carbonyl (C=O) groups excluding carboxylic acids is 2. The zero-order valence-corrected chi connectivity index (χ0v) is 16.8. The molecule has 4 rings (SSSR count). The van der Waals surface area contributed by atoms with Crippen LogP contribution >= 0.6 is 0 Å². The lowest BCUT2D eigenvalue weighted by Crippen LogP contribution is -2.43. The summed E-state index contributed by atoms with van der Waals surface area (Å²) in [5.74, 6) is 1.86. The quantitative estimate of drug-likeness (QED) is 0.779. The van der Waals surface area contributed by atoms with E-state index in [1.807, 2.05) is 41.3 Å². The second kappa shape index (κ2) is 8.64. The molecule has 29 heavy (non-hydrogen) atoms. The molecule has 6 nitrogen and oxygen atoms in total. The maximum absolute atomic E-state index is 13.2. The Morgan fingerprint density at radius 2 is 1.90 bits per heavy atom. The summed E-state index contributed by atoms with van der Waals surface area (Å²) in [6.07, 6.45) is 4.16. The van der Waals surface area contributed by atoms with Crippen molar-refractivity contribution in [3.05, 3.63) is 54.2 Å². The van der Waals surface area contributed by atoms with Crippen LogP contribution in [0.3, 0.4) is 0 Å². The molecule has 2 aromatic rings. The molecule has 152 valence electrons. The molecule has 1 atom stereocenters. The van der Waals surface area contributed by atoms with E-state index in [4.69, 9.17) is 4.74 Å². The fourth-order valence-electron chi connectivity index (χ4n) is 3.96. The molecule has 1 aromatic carbocycles. The van der Waals surface area contributed by atoms with Crippen molar-refractivity contribution in [3.8, 4) is 5.75 Å².